The van der Waals surface area contributed by atoms with Gasteiger partial charge in [-0.1, -0.05) is 31.5 Å². The summed E-state index contributed by atoms with van der Waals surface area (Å²) < 4.78 is 0. The van der Waals surface area contributed by atoms with Gasteiger partial charge >= 0.3 is 0 Å². The van der Waals surface area contributed by atoms with Crippen LogP contribution in [0.15, 0.2) is 30.3 Å². The van der Waals surface area contributed by atoms with Crippen LogP contribution in [0.25, 0.3) is 0 Å². The van der Waals surface area contributed by atoms with E-state index in [9.17, 15) is 4.79 Å². The predicted molar refractivity (Wildman–Crippen MR) is 62.8 cm³/mol. The number of benzene rings is 1. The van der Waals surface area contributed by atoms with E-state index in [1.54, 1.807) is 0 Å². The van der Waals surface area contributed by atoms with Gasteiger partial charge in [-0.05, 0) is 25.6 Å². The fourth-order valence-corrected chi connectivity index (χ4v) is 1.45. The minimum Gasteiger partial charge on any atom is -0.325 e. The molecule has 0 aromatic heterocycles. The quantitative estimate of drug-likeness (QED) is 0.773. The van der Waals surface area contributed by atoms with Crippen LogP contribution in [-0.2, 0) is 4.79 Å². The lowest BCUT2D eigenvalue weighted by molar-refractivity contribution is -0.118. The number of likely N-dealkylation sites (N-methyl/N-ethyl adjacent to an activating group) is 1. The molecule has 0 radical (unpaired) electrons. The molecule has 82 valence electrons. The van der Waals surface area contributed by atoms with Crippen LogP contribution in [0.4, 0.5) is 5.69 Å². The Bertz CT molecular complexity index is 298. The first-order valence-electron chi connectivity index (χ1n) is 5.31. The number of rotatable bonds is 5. The number of nitrogens with one attached hydrogen (secondary N) is 2. The molecule has 1 amide bonds. The number of carbonyl (C=O) groups is 1. The van der Waals surface area contributed by atoms with Gasteiger partial charge in [0.15, 0.2) is 0 Å². The zero-order valence-corrected chi connectivity index (χ0v) is 9.29. The molecule has 3 heteroatoms. The normalized spacial score (nSPS) is 12.1. The molecule has 0 spiro atoms. The van der Waals surface area contributed by atoms with Crippen molar-refractivity contribution in [3.8, 4) is 0 Å². The minimum atomic E-state index is -0.102. The van der Waals surface area contributed by atoms with E-state index in [4.69, 9.17) is 0 Å². The number of hydrogen-bond acceptors (Lipinski definition) is 2. The van der Waals surface area contributed by atoms with Crippen molar-refractivity contribution in [1.82, 2.24) is 5.32 Å². The van der Waals surface area contributed by atoms with Gasteiger partial charge in [-0.2, -0.15) is 0 Å². The van der Waals surface area contributed by atoms with Crippen LogP contribution in [-0.4, -0.2) is 19.0 Å². The summed E-state index contributed by atoms with van der Waals surface area (Å²) in [4.78, 5) is 11.8. The number of para-hydroxylation sites is 1. The Balaban J connectivity index is 2.54. The Kier molecular flexibility index (Phi) is 4.84. The molecule has 0 bridgehead atoms. The number of amides is 1. The highest BCUT2D eigenvalue weighted by atomic mass is 16.2. The van der Waals surface area contributed by atoms with Gasteiger partial charge in [0.2, 0.25) is 5.91 Å². The zero-order chi connectivity index (χ0) is 11.1. The van der Waals surface area contributed by atoms with Crippen molar-refractivity contribution in [2.75, 3.05) is 12.4 Å². The maximum Gasteiger partial charge on any atom is 0.241 e. The molecule has 0 saturated carbocycles. The van der Waals surface area contributed by atoms with E-state index in [0.29, 0.717) is 0 Å². The van der Waals surface area contributed by atoms with Crippen molar-refractivity contribution in [2.24, 2.45) is 0 Å². The second-order valence-electron chi connectivity index (χ2n) is 3.49. The predicted octanol–water partition coefficient (Wildman–Crippen LogP) is 2.01. The monoisotopic (exact) mass is 206 g/mol. The molecule has 15 heavy (non-hydrogen) atoms. The summed E-state index contributed by atoms with van der Waals surface area (Å²) in [5, 5.41) is 5.89. The topological polar surface area (TPSA) is 41.1 Å². The molecule has 3 nitrogen and oxygen atoms in total. The Morgan fingerprint density at radius 2 is 2.00 bits per heavy atom. The average molecular weight is 206 g/mol. The summed E-state index contributed by atoms with van der Waals surface area (Å²) in [6, 6.07) is 9.41. The van der Waals surface area contributed by atoms with Gasteiger partial charge in [-0.15, -0.1) is 0 Å². The van der Waals surface area contributed by atoms with Crippen LogP contribution in [0.2, 0.25) is 0 Å². The average Bonchev–Trinajstić information content (AvgIpc) is 2.27. The molecular weight excluding hydrogens is 188 g/mol. The third kappa shape index (κ3) is 3.72. The Labute approximate surface area is 90.9 Å². The van der Waals surface area contributed by atoms with Crippen LogP contribution in [0.1, 0.15) is 19.8 Å². The molecule has 1 aromatic rings. The van der Waals surface area contributed by atoms with E-state index in [-0.39, 0.29) is 11.9 Å². The third-order valence-corrected chi connectivity index (χ3v) is 2.28. The van der Waals surface area contributed by atoms with Crippen LogP contribution >= 0.6 is 0 Å². The summed E-state index contributed by atoms with van der Waals surface area (Å²) in [5.41, 5.74) is 0.846. The molecular formula is C12H18N2O. The highest BCUT2D eigenvalue weighted by molar-refractivity contribution is 5.94. The summed E-state index contributed by atoms with van der Waals surface area (Å²) in [7, 11) is 1.81. The van der Waals surface area contributed by atoms with Gasteiger partial charge in [0.1, 0.15) is 0 Å². The first kappa shape index (κ1) is 11.7. The van der Waals surface area contributed by atoms with E-state index in [2.05, 4.69) is 17.6 Å². The fourth-order valence-electron chi connectivity index (χ4n) is 1.45. The largest absolute Gasteiger partial charge is 0.325 e. The van der Waals surface area contributed by atoms with Crippen molar-refractivity contribution in [2.45, 2.75) is 25.8 Å². The zero-order valence-electron chi connectivity index (χ0n) is 9.29. The Morgan fingerprint density at radius 1 is 1.33 bits per heavy atom. The molecule has 0 fully saturated rings. The number of hydrogen-bond donors (Lipinski definition) is 2. The molecule has 0 aliphatic rings. The maximum atomic E-state index is 11.8. The molecule has 0 aliphatic carbocycles. The SMILES string of the molecule is CCC[C@H](NC)C(=O)Nc1ccccc1. The summed E-state index contributed by atoms with van der Waals surface area (Å²) in [6.07, 6.45) is 1.85. The van der Waals surface area contributed by atoms with Gasteiger partial charge in [-0.25, -0.2) is 0 Å². The van der Waals surface area contributed by atoms with Crippen molar-refractivity contribution >= 4 is 11.6 Å². The second kappa shape index (κ2) is 6.19. The first-order valence-corrected chi connectivity index (χ1v) is 5.31. The van der Waals surface area contributed by atoms with Crippen molar-refractivity contribution in [1.29, 1.82) is 0 Å². The lowest BCUT2D eigenvalue weighted by atomic mass is 10.1. The molecule has 1 aromatic carbocycles. The molecule has 1 rings (SSSR count). The lowest BCUT2D eigenvalue weighted by Gasteiger charge is -2.14. The van der Waals surface area contributed by atoms with Gasteiger partial charge in [-0.3, -0.25) is 4.79 Å². The molecule has 2 N–H and O–H groups in total. The van der Waals surface area contributed by atoms with Crippen molar-refractivity contribution in [3.63, 3.8) is 0 Å². The van der Waals surface area contributed by atoms with Crippen LogP contribution in [0.3, 0.4) is 0 Å². The third-order valence-electron chi connectivity index (χ3n) is 2.28. The van der Waals surface area contributed by atoms with E-state index in [0.717, 1.165) is 18.5 Å². The van der Waals surface area contributed by atoms with Crippen LogP contribution in [0.5, 0.6) is 0 Å². The number of carbonyl (C=O) groups excluding carboxylic acids is 1. The Morgan fingerprint density at radius 3 is 2.53 bits per heavy atom. The molecule has 1 atom stereocenters. The summed E-state index contributed by atoms with van der Waals surface area (Å²) in [5.74, 6) is 0.0329. The van der Waals surface area contributed by atoms with E-state index < -0.39 is 0 Å². The second-order valence-corrected chi connectivity index (χ2v) is 3.49. The van der Waals surface area contributed by atoms with Crippen molar-refractivity contribution < 1.29 is 4.79 Å². The smallest absolute Gasteiger partial charge is 0.241 e. The highest BCUT2D eigenvalue weighted by Crippen LogP contribution is 2.07. The maximum absolute atomic E-state index is 11.8. The fraction of sp³-hybridized carbons (Fsp3) is 0.417. The lowest BCUT2D eigenvalue weighted by Crippen LogP contribution is -2.38. The van der Waals surface area contributed by atoms with Crippen LogP contribution in [0, 0.1) is 0 Å². The minimum absolute atomic E-state index is 0.0329. The molecule has 0 aliphatic heterocycles. The summed E-state index contributed by atoms with van der Waals surface area (Å²) >= 11 is 0. The Hall–Kier alpha value is -1.35. The van der Waals surface area contributed by atoms with E-state index in [1.165, 1.54) is 0 Å². The van der Waals surface area contributed by atoms with Gasteiger partial charge in [0.25, 0.3) is 0 Å². The van der Waals surface area contributed by atoms with Gasteiger partial charge < -0.3 is 10.6 Å². The highest BCUT2D eigenvalue weighted by Gasteiger charge is 2.14. The van der Waals surface area contributed by atoms with E-state index in [1.807, 2.05) is 37.4 Å². The molecule has 0 unspecified atom stereocenters. The van der Waals surface area contributed by atoms with E-state index >= 15 is 0 Å². The first-order chi connectivity index (χ1) is 7.27. The number of anilines is 1. The molecule has 0 heterocycles. The summed E-state index contributed by atoms with van der Waals surface area (Å²) in [6.45, 7) is 2.07. The van der Waals surface area contributed by atoms with Crippen molar-refractivity contribution in [3.05, 3.63) is 30.3 Å². The molecule has 0 saturated heterocycles. The van der Waals surface area contributed by atoms with Gasteiger partial charge in [0, 0.05) is 5.69 Å². The standard InChI is InChI=1S/C12H18N2O/c1-3-7-11(13-2)12(15)14-10-8-5-4-6-9-10/h4-6,8-9,11,13H,3,7H2,1-2H3,(H,14,15)/t11-/m0/s1. The van der Waals surface area contributed by atoms with Gasteiger partial charge in [0.05, 0.1) is 6.04 Å². The van der Waals surface area contributed by atoms with Crippen LogP contribution < -0.4 is 10.6 Å².